The molecule has 0 bridgehead atoms. The Labute approximate surface area is 129 Å². The highest BCUT2D eigenvalue weighted by molar-refractivity contribution is 6.33. The summed E-state index contributed by atoms with van der Waals surface area (Å²) in [5.74, 6) is 0.749. The molecular formula is C14H20ClN3O3. The Kier molecular flexibility index (Phi) is 5.27. The van der Waals surface area contributed by atoms with Crippen LogP contribution < -0.4 is 20.5 Å². The van der Waals surface area contributed by atoms with Crippen LogP contribution in [0.4, 0.5) is 0 Å². The van der Waals surface area contributed by atoms with Gasteiger partial charge in [-0.2, -0.15) is 0 Å². The summed E-state index contributed by atoms with van der Waals surface area (Å²) in [4.78, 5) is 13.5. The Morgan fingerprint density at radius 1 is 1.48 bits per heavy atom. The summed E-state index contributed by atoms with van der Waals surface area (Å²) >= 11 is 6.38. The van der Waals surface area contributed by atoms with Crippen LogP contribution in [0.2, 0.25) is 5.02 Å². The van der Waals surface area contributed by atoms with Gasteiger partial charge < -0.3 is 20.5 Å². The molecule has 7 heteroatoms. The fourth-order valence-corrected chi connectivity index (χ4v) is 2.78. The lowest BCUT2D eigenvalue weighted by Gasteiger charge is -2.34. The first-order chi connectivity index (χ1) is 10.1. The van der Waals surface area contributed by atoms with E-state index in [1.807, 2.05) is 17.0 Å². The van der Waals surface area contributed by atoms with E-state index in [0.29, 0.717) is 29.6 Å². The van der Waals surface area contributed by atoms with Gasteiger partial charge in [-0.3, -0.25) is 9.69 Å². The highest BCUT2D eigenvalue weighted by atomic mass is 35.5. The number of primary amides is 1. The number of amides is 1. The minimum atomic E-state index is -0.334. The van der Waals surface area contributed by atoms with Crippen molar-refractivity contribution in [1.82, 2.24) is 10.2 Å². The first kappa shape index (κ1) is 15.9. The lowest BCUT2D eigenvalue weighted by atomic mass is 10.1. The average Bonchev–Trinajstić information content (AvgIpc) is 2.49. The van der Waals surface area contributed by atoms with Crippen LogP contribution in [0.5, 0.6) is 11.5 Å². The molecule has 1 amide bonds. The van der Waals surface area contributed by atoms with E-state index in [1.54, 1.807) is 14.2 Å². The number of methoxy groups -OCH3 is 2. The number of benzene rings is 1. The van der Waals surface area contributed by atoms with E-state index in [9.17, 15) is 4.79 Å². The number of hydrogen-bond acceptors (Lipinski definition) is 5. The quantitative estimate of drug-likeness (QED) is 0.833. The zero-order valence-corrected chi connectivity index (χ0v) is 12.9. The molecule has 1 aliphatic heterocycles. The third-order valence-electron chi connectivity index (χ3n) is 3.62. The maximum Gasteiger partial charge on any atom is 0.236 e. The first-order valence-electron chi connectivity index (χ1n) is 6.72. The van der Waals surface area contributed by atoms with Gasteiger partial charge >= 0.3 is 0 Å². The highest BCUT2D eigenvalue weighted by Gasteiger charge is 2.27. The third kappa shape index (κ3) is 3.40. The molecule has 21 heavy (non-hydrogen) atoms. The largest absolute Gasteiger partial charge is 0.493 e. The maximum atomic E-state index is 11.5. The third-order valence-corrected chi connectivity index (χ3v) is 4.04. The molecule has 1 unspecified atom stereocenters. The molecule has 0 radical (unpaired) electrons. The van der Waals surface area contributed by atoms with Crippen molar-refractivity contribution in [2.75, 3.05) is 33.9 Å². The predicted molar refractivity (Wildman–Crippen MR) is 80.8 cm³/mol. The standard InChI is InChI=1S/C14H20ClN3O3/c1-20-11-4-3-9(12(15)13(11)21-2)8-18-6-5-17-7-10(18)14(16)19/h3-4,10,17H,5-8H2,1-2H3,(H2,16,19). The van der Waals surface area contributed by atoms with Crippen LogP contribution in [0.25, 0.3) is 0 Å². The van der Waals surface area contributed by atoms with Gasteiger partial charge in [0.15, 0.2) is 11.5 Å². The fraction of sp³-hybridized carbons (Fsp3) is 0.500. The molecule has 116 valence electrons. The summed E-state index contributed by atoms with van der Waals surface area (Å²) in [6, 6.07) is 3.36. The first-order valence-corrected chi connectivity index (χ1v) is 7.09. The number of carbonyl (C=O) groups is 1. The molecule has 1 heterocycles. The van der Waals surface area contributed by atoms with Crippen molar-refractivity contribution in [1.29, 1.82) is 0 Å². The van der Waals surface area contributed by atoms with Crippen LogP contribution in [-0.4, -0.2) is 50.7 Å². The molecule has 0 saturated carbocycles. The molecular weight excluding hydrogens is 294 g/mol. The van der Waals surface area contributed by atoms with Gasteiger partial charge in [-0.05, 0) is 11.6 Å². The molecule has 0 aliphatic carbocycles. The number of piperazine rings is 1. The van der Waals surface area contributed by atoms with E-state index < -0.39 is 0 Å². The number of hydrogen-bond donors (Lipinski definition) is 2. The van der Waals surface area contributed by atoms with Gasteiger partial charge in [0.2, 0.25) is 5.91 Å². The van der Waals surface area contributed by atoms with E-state index >= 15 is 0 Å². The van der Waals surface area contributed by atoms with Crippen LogP contribution in [0, 0.1) is 0 Å². The lowest BCUT2D eigenvalue weighted by Crippen LogP contribution is -2.56. The molecule has 1 atom stereocenters. The van der Waals surface area contributed by atoms with Crippen molar-refractivity contribution in [2.24, 2.45) is 5.73 Å². The van der Waals surface area contributed by atoms with Crippen molar-refractivity contribution in [2.45, 2.75) is 12.6 Å². The van der Waals surface area contributed by atoms with Gasteiger partial charge in [0.05, 0.1) is 19.2 Å². The summed E-state index contributed by atoms with van der Waals surface area (Å²) in [6.07, 6.45) is 0. The summed E-state index contributed by atoms with van der Waals surface area (Å²) < 4.78 is 10.5. The summed E-state index contributed by atoms with van der Waals surface area (Å²) in [7, 11) is 3.11. The van der Waals surface area contributed by atoms with Gasteiger partial charge in [-0.25, -0.2) is 0 Å². The average molecular weight is 314 g/mol. The number of halogens is 1. The molecule has 1 aromatic carbocycles. The molecule has 1 saturated heterocycles. The van der Waals surface area contributed by atoms with E-state index in [0.717, 1.165) is 18.7 Å². The normalized spacial score (nSPS) is 19.3. The summed E-state index contributed by atoms with van der Waals surface area (Å²) in [5, 5.41) is 3.67. The van der Waals surface area contributed by atoms with Crippen molar-refractivity contribution in [3.8, 4) is 11.5 Å². The molecule has 6 nitrogen and oxygen atoms in total. The monoisotopic (exact) mass is 313 g/mol. The van der Waals surface area contributed by atoms with Gasteiger partial charge in [0, 0.05) is 26.2 Å². The van der Waals surface area contributed by atoms with E-state index in [2.05, 4.69) is 5.32 Å². The Morgan fingerprint density at radius 2 is 2.24 bits per heavy atom. The number of ether oxygens (including phenoxy) is 2. The molecule has 3 N–H and O–H groups in total. The molecule has 1 aliphatic rings. The zero-order chi connectivity index (χ0) is 15.4. The van der Waals surface area contributed by atoms with E-state index in [-0.39, 0.29) is 11.9 Å². The summed E-state index contributed by atoms with van der Waals surface area (Å²) in [5.41, 5.74) is 6.33. The number of nitrogens with zero attached hydrogens (tertiary/aromatic N) is 1. The maximum absolute atomic E-state index is 11.5. The smallest absolute Gasteiger partial charge is 0.236 e. The SMILES string of the molecule is COc1ccc(CN2CCNCC2C(N)=O)c(Cl)c1OC. The van der Waals surface area contributed by atoms with Gasteiger partial charge in [0.25, 0.3) is 0 Å². The van der Waals surface area contributed by atoms with Crippen molar-refractivity contribution >= 4 is 17.5 Å². The van der Waals surface area contributed by atoms with Crippen LogP contribution in [0.15, 0.2) is 12.1 Å². The fourth-order valence-electron chi connectivity index (χ4n) is 2.49. The minimum absolute atomic E-state index is 0.331. The minimum Gasteiger partial charge on any atom is -0.493 e. The molecule has 1 fully saturated rings. The number of carbonyl (C=O) groups excluding carboxylic acids is 1. The van der Waals surface area contributed by atoms with Gasteiger partial charge in [-0.15, -0.1) is 0 Å². The Morgan fingerprint density at radius 3 is 2.86 bits per heavy atom. The molecule has 0 spiro atoms. The topological polar surface area (TPSA) is 76.8 Å². The van der Waals surface area contributed by atoms with Crippen LogP contribution >= 0.6 is 11.6 Å². The second-order valence-electron chi connectivity index (χ2n) is 4.87. The number of rotatable bonds is 5. The molecule has 2 rings (SSSR count). The van der Waals surface area contributed by atoms with Gasteiger partial charge in [0.1, 0.15) is 6.04 Å². The second kappa shape index (κ2) is 6.98. The number of nitrogens with two attached hydrogens (primary N) is 1. The molecule has 0 aromatic heterocycles. The van der Waals surface area contributed by atoms with E-state index in [4.69, 9.17) is 26.8 Å². The lowest BCUT2D eigenvalue weighted by molar-refractivity contribution is -0.124. The van der Waals surface area contributed by atoms with E-state index in [1.165, 1.54) is 0 Å². The predicted octanol–water partition coefficient (Wildman–Crippen LogP) is 0.616. The summed E-state index contributed by atoms with van der Waals surface area (Å²) in [6.45, 7) is 2.64. The van der Waals surface area contributed by atoms with Crippen molar-refractivity contribution in [3.05, 3.63) is 22.7 Å². The second-order valence-corrected chi connectivity index (χ2v) is 5.24. The van der Waals surface area contributed by atoms with Gasteiger partial charge in [-0.1, -0.05) is 17.7 Å². The van der Waals surface area contributed by atoms with Crippen LogP contribution in [0.1, 0.15) is 5.56 Å². The van der Waals surface area contributed by atoms with Crippen molar-refractivity contribution < 1.29 is 14.3 Å². The Hall–Kier alpha value is -1.50. The zero-order valence-electron chi connectivity index (χ0n) is 12.2. The Balaban J connectivity index is 2.24. The van der Waals surface area contributed by atoms with Crippen LogP contribution in [0.3, 0.4) is 0 Å². The van der Waals surface area contributed by atoms with Crippen LogP contribution in [-0.2, 0) is 11.3 Å². The highest BCUT2D eigenvalue weighted by Crippen LogP contribution is 2.37. The molecule has 1 aromatic rings. The Bertz CT molecular complexity index is 524. The van der Waals surface area contributed by atoms with Crippen molar-refractivity contribution in [3.63, 3.8) is 0 Å². The number of nitrogens with one attached hydrogen (secondary N) is 1.